The van der Waals surface area contributed by atoms with Crippen LogP contribution in [0, 0.1) is 19.7 Å². The Morgan fingerprint density at radius 2 is 1.85 bits per heavy atom. The fourth-order valence-electron chi connectivity index (χ4n) is 3.90. The molecular weight excluding hydrogens is 443 g/mol. The fourth-order valence-corrected chi connectivity index (χ4v) is 5.09. The maximum atomic E-state index is 13.3. The summed E-state index contributed by atoms with van der Waals surface area (Å²) in [5, 5.41) is 0.423. The number of aryl methyl sites for hydroxylation is 2. The summed E-state index contributed by atoms with van der Waals surface area (Å²) in [6.45, 7) is 3.76. The van der Waals surface area contributed by atoms with Gasteiger partial charge in [-0.3, -0.25) is 9.78 Å². The van der Waals surface area contributed by atoms with E-state index in [-0.39, 0.29) is 0 Å². The van der Waals surface area contributed by atoms with Gasteiger partial charge >= 0.3 is 5.69 Å². The Balaban J connectivity index is 1.68. The minimum atomic E-state index is -0.574. The number of methoxy groups -OCH3 is 1. The van der Waals surface area contributed by atoms with Crippen LogP contribution < -0.4 is 16.0 Å². The monoisotopic (exact) mass is 462 g/mol. The fraction of sp³-hybridized carbons (Fsp3) is 0.125. The maximum absolute atomic E-state index is 13.3. The van der Waals surface area contributed by atoms with Crippen molar-refractivity contribution in [3.8, 4) is 27.6 Å². The minimum absolute atomic E-state index is 0.304. The van der Waals surface area contributed by atoms with Gasteiger partial charge in [0.15, 0.2) is 0 Å². The van der Waals surface area contributed by atoms with E-state index in [1.165, 1.54) is 35.6 Å². The van der Waals surface area contributed by atoms with E-state index >= 15 is 0 Å². The molecule has 0 spiro atoms. The molecule has 0 aliphatic heterocycles. The zero-order valence-electron chi connectivity index (χ0n) is 18.0. The van der Waals surface area contributed by atoms with Gasteiger partial charge in [-0.25, -0.2) is 18.7 Å². The molecule has 0 amide bonds. The first-order valence-corrected chi connectivity index (χ1v) is 10.9. The van der Waals surface area contributed by atoms with Crippen LogP contribution in [0.1, 0.15) is 11.3 Å². The van der Waals surface area contributed by atoms with E-state index in [0.29, 0.717) is 21.7 Å². The predicted molar refractivity (Wildman–Crippen MR) is 127 cm³/mol. The highest BCUT2D eigenvalue weighted by atomic mass is 32.1. The van der Waals surface area contributed by atoms with Crippen LogP contribution >= 0.6 is 11.3 Å². The lowest BCUT2D eigenvalue weighted by Gasteiger charge is -2.11. The van der Waals surface area contributed by atoms with E-state index in [9.17, 15) is 14.0 Å². The van der Waals surface area contributed by atoms with E-state index in [0.717, 1.165) is 32.0 Å². The second-order valence-electron chi connectivity index (χ2n) is 7.62. The highest BCUT2D eigenvalue weighted by molar-refractivity contribution is 7.22. The normalized spacial score (nSPS) is 11.3. The maximum Gasteiger partial charge on any atom is 0.334 e. The van der Waals surface area contributed by atoms with Crippen LogP contribution in [-0.2, 0) is 0 Å². The average Bonchev–Trinajstić information content (AvgIpc) is 3.37. The van der Waals surface area contributed by atoms with Gasteiger partial charge in [0, 0.05) is 11.1 Å². The molecular formula is C24H19FN4O3S. The smallest absolute Gasteiger partial charge is 0.334 e. The Morgan fingerprint density at radius 3 is 2.52 bits per heavy atom. The van der Waals surface area contributed by atoms with Crippen LogP contribution in [0.25, 0.3) is 32.0 Å². The number of benzene rings is 2. The van der Waals surface area contributed by atoms with Gasteiger partial charge in [-0.15, -0.1) is 11.3 Å². The summed E-state index contributed by atoms with van der Waals surface area (Å²) in [4.78, 5) is 34.4. The van der Waals surface area contributed by atoms with Crippen LogP contribution in [0.15, 0.2) is 64.6 Å². The summed E-state index contributed by atoms with van der Waals surface area (Å²) in [7, 11) is 1.60. The molecule has 0 fully saturated rings. The Labute approximate surface area is 191 Å². The van der Waals surface area contributed by atoms with Crippen molar-refractivity contribution in [3.05, 3.63) is 92.9 Å². The molecule has 0 saturated heterocycles. The third-order valence-electron chi connectivity index (χ3n) is 5.50. The molecule has 7 nitrogen and oxygen atoms in total. The molecule has 5 rings (SSSR count). The zero-order chi connectivity index (χ0) is 23.3. The van der Waals surface area contributed by atoms with E-state index < -0.39 is 17.1 Å². The zero-order valence-corrected chi connectivity index (χ0v) is 18.9. The van der Waals surface area contributed by atoms with Crippen molar-refractivity contribution < 1.29 is 9.13 Å². The van der Waals surface area contributed by atoms with Crippen molar-refractivity contribution in [3.63, 3.8) is 0 Å². The van der Waals surface area contributed by atoms with Crippen LogP contribution in [0.5, 0.6) is 5.75 Å². The summed E-state index contributed by atoms with van der Waals surface area (Å²) in [6.07, 6.45) is 3.63. The molecule has 0 atom stereocenters. The summed E-state index contributed by atoms with van der Waals surface area (Å²) in [5.74, 6) is 0.209. The van der Waals surface area contributed by atoms with Crippen molar-refractivity contribution in [2.45, 2.75) is 13.8 Å². The number of imidazole rings is 1. The molecule has 0 unspecified atom stereocenters. The minimum Gasteiger partial charge on any atom is -0.495 e. The number of hydrogen-bond donors (Lipinski definition) is 1. The number of halogens is 1. The molecule has 0 saturated carbocycles. The van der Waals surface area contributed by atoms with E-state index in [2.05, 4.69) is 9.97 Å². The molecule has 2 aromatic carbocycles. The number of H-pyrrole nitrogens is 1. The Kier molecular flexibility index (Phi) is 4.98. The van der Waals surface area contributed by atoms with Gasteiger partial charge < -0.3 is 9.30 Å². The second-order valence-corrected chi connectivity index (χ2v) is 8.64. The number of ether oxygens (including phenoxy) is 1. The first kappa shape index (κ1) is 20.9. The van der Waals surface area contributed by atoms with Crippen LogP contribution in [0.4, 0.5) is 4.39 Å². The van der Waals surface area contributed by atoms with Crippen molar-refractivity contribution in [2.24, 2.45) is 0 Å². The molecule has 166 valence electrons. The highest BCUT2D eigenvalue weighted by Gasteiger charge is 2.19. The topological polar surface area (TPSA) is 81.9 Å². The number of aromatic nitrogens is 4. The van der Waals surface area contributed by atoms with Gasteiger partial charge in [-0.05, 0) is 61.4 Å². The van der Waals surface area contributed by atoms with E-state index in [1.807, 2.05) is 42.8 Å². The number of aromatic amines is 1. The number of nitrogens with one attached hydrogen (secondary N) is 1. The molecule has 3 aromatic heterocycles. The van der Waals surface area contributed by atoms with Crippen molar-refractivity contribution >= 4 is 21.6 Å². The molecule has 3 heterocycles. The summed E-state index contributed by atoms with van der Waals surface area (Å²) in [6, 6.07) is 11.0. The molecule has 0 bridgehead atoms. The Bertz CT molecular complexity index is 1630. The van der Waals surface area contributed by atoms with Crippen molar-refractivity contribution in [1.29, 1.82) is 0 Å². The van der Waals surface area contributed by atoms with Gasteiger partial charge in [0.1, 0.15) is 16.4 Å². The molecule has 0 aliphatic carbocycles. The number of fused-ring (bicyclic) bond motifs is 1. The third-order valence-corrected chi connectivity index (χ3v) is 6.76. The highest BCUT2D eigenvalue weighted by Crippen LogP contribution is 2.38. The molecule has 9 heteroatoms. The third kappa shape index (κ3) is 3.46. The van der Waals surface area contributed by atoms with Gasteiger partial charge in [-0.2, -0.15) is 0 Å². The predicted octanol–water partition coefficient (Wildman–Crippen LogP) is 4.36. The van der Waals surface area contributed by atoms with Gasteiger partial charge in [0.2, 0.25) is 0 Å². The molecule has 0 radical (unpaired) electrons. The molecule has 1 N–H and O–H groups in total. The van der Waals surface area contributed by atoms with Gasteiger partial charge in [-0.1, -0.05) is 6.07 Å². The Morgan fingerprint density at radius 1 is 1.09 bits per heavy atom. The lowest BCUT2D eigenvalue weighted by molar-refractivity contribution is 0.413. The van der Waals surface area contributed by atoms with Crippen LogP contribution in [0.3, 0.4) is 0 Å². The van der Waals surface area contributed by atoms with Crippen LogP contribution in [0.2, 0.25) is 0 Å². The van der Waals surface area contributed by atoms with Gasteiger partial charge in [0.05, 0.1) is 35.9 Å². The Hall–Kier alpha value is -3.98. The lowest BCUT2D eigenvalue weighted by atomic mass is 10.1. The summed E-state index contributed by atoms with van der Waals surface area (Å²) in [5.41, 5.74) is 2.63. The van der Waals surface area contributed by atoms with E-state index in [4.69, 9.17) is 4.74 Å². The summed E-state index contributed by atoms with van der Waals surface area (Å²) >= 11 is 1.33. The SMILES string of the molecule is COc1cc(-c2sc3[nH]c(=O)n(-c4ccc(F)cc4)c(=O)c3c2C)ccc1-n1cnc(C)c1. The molecule has 33 heavy (non-hydrogen) atoms. The molecule has 5 aromatic rings. The number of hydrogen-bond acceptors (Lipinski definition) is 5. The van der Waals surface area contributed by atoms with Crippen molar-refractivity contribution in [2.75, 3.05) is 7.11 Å². The first-order valence-electron chi connectivity index (χ1n) is 10.1. The van der Waals surface area contributed by atoms with Crippen LogP contribution in [-0.4, -0.2) is 26.2 Å². The number of nitrogens with zero attached hydrogens (tertiary/aromatic N) is 3. The summed E-state index contributed by atoms with van der Waals surface area (Å²) < 4.78 is 21.8. The standard InChI is InChI=1S/C24H19FN4O3S/c1-13-11-28(12-26-13)18-9-4-15(10-19(18)32-3)21-14(2)20-22(33-21)27-24(31)29(23(20)30)17-7-5-16(25)6-8-17/h4-12H,1-3H3,(H,27,31). The van der Waals surface area contributed by atoms with E-state index in [1.54, 1.807) is 13.4 Å². The average molecular weight is 463 g/mol. The first-order chi connectivity index (χ1) is 15.9. The molecule has 0 aliphatic rings. The van der Waals surface area contributed by atoms with Gasteiger partial charge in [0.25, 0.3) is 5.56 Å². The second kappa shape index (κ2) is 7.86. The lowest BCUT2D eigenvalue weighted by Crippen LogP contribution is -2.33. The number of thiophene rings is 1. The largest absolute Gasteiger partial charge is 0.495 e. The number of rotatable bonds is 4. The van der Waals surface area contributed by atoms with Crippen molar-refractivity contribution in [1.82, 2.24) is 19.1 Å². The quantitative estimate of drug-likeness (QED) is 0.430.